The molecule has 0 spiro atoms. The van der Waals surface area contributed by atoms with E-state index in [0.29, 0.717) is 33.5 Å². The molecular formula is C15H11Cl3F2O. The second-order valence-corrected chi connectivity index (χ2v) is 5.52. The number of benzene rings is 2. The van der Waals surface area contributed by atoms with Crippen molar-refractivity contribution in [3.8, 4) is 5.75 Å². The lowest BCUT2D eigenvalue weighted by molar-refractivity contribution is 0.340. The third-order valence-corrected chi connectivity index (χ3v) is 3.97. The van der Waals surface area contributed by atoms with Crippen molar-refractivity contribution in [1.82, 2.24) is 0 Å². The van der Waals surface area contributed by atoms with Gasteiger partial charge in [-0.1, -0.05) is 29.3 Å². The van der Waals surface area contributed by atoms with Crippen molar-refractivity contribution in [3.05, 3.63) is 63.1 Å². The Balaban J connectivity index is 2.40. The average molecular weight is 352 g/mol. The first kappa shape index (κ1) is 16.3. The summed E-state index contributed by atoms with van der Waals surface area (Å²) < 4.78 is 31.6. The van der Waals surface area contributed by atoms with Crippen LogP contribution in [-0.4, -0.2) is 6.61 Å². The van der Waals surface area contributed by atoms with Gasteiger partial charge in [0.2, 0.25) is 0 Å². The molecule has 6 heteroatoms. The van der Waals surface area contributed by atoms with Crippen LogP contribution in [0.5, 0.6) is 5.75 Å². The van der Waals surface area contributed by atoms with E-state index < -0.39 is 17.0 Å². The third kappa shape index (κ3) is 3.60. The molecule has 2 aromatic rings. The van der Waals surface area contributed by atoms with Gasteiger partial charge >= 0.3 is 0 Å². The first-order chi connectivity index (χ1) is 9.93. The van der Waals surface area contributed by atoms with Gasteiger partial charge in [0.05, 0.1) is 17.0 Å². The van der Waals surface area contributed by atoms with Crippen LogP contribution in [0.4, 0.5) is 8.78 Å². The molecule has 0 aliphatic rings. The minimum atomic E-state index is -0.966. The van der Waals surface area contributed by atoms with Crippen molar-refractivity contribution in [2.45, 2.75) is 12.3 Å². The zero-order valence-corrected chi connectivity index (χ0v) is 13.2. The zero-order valence-electron chi connectivity index (χ0n) is 11.0. The summed E-state index contributed by atoms with van der Waals surface area (Å²) in [5.41, 5.74) is 0.885. The van der Waals surface area contributed by atoms with E-state index in [-0.39, 0.29) is 0 Å². The molecule has 0 bridgehead atoms. The van der Waals surface area contributed by atoms with E-state index in [4.69, 9.17) is 39.5 Å². The van der Waals surface area contributed by atoms with Gasteiger partial charge in [-0.05, 0) is 36.2 Å². The standard InChI is InChI=1S/C15H11Cl3F2O/c1-2-21-14-7-10(16)9(6-11(14)17)15(18)8-3-4-12(19)13(20)5-8/h3-7,15H,2H2,1H3. The number of alkyl halides is 1. The molecule has 1 nitrogen and oxygen atoms in total. The van der Waals surface area contributed by atoms with Gasteiger partial charge in [0.25, 0.3) is 0 Å². The van der Waals surface area contributed by atoms with Crippen LogP contribution in [0.1, 0.15) is 23.4 Å². The van der Waals surface area contributed by atoms with Gasteiger partial charge < -0.3 is 4.74 Å². The second kappa shape index (κ2) is 6.82. The van der Waals surface area contributed by atoms with E-state index in [1.807, 2.05) is 6.92 Å². The Morgan fingerprint density at radius 2 is 1.76 bits per heavy atom. The Bertz CT molecular complexity index is 662. The van der Waals surface area contributed by atoms with E-state index in [1.54, 1.807) is 12.1 Å². The smallest absolute Gasteiger partial charge is 0.159 e. The van der Waals surface area contributed by atoms with Gasteiger partial charge in [-0.3, -0.25) is 0 Å². The lowest BCUT2D eigenvalue weighted by Gasteiger charge is -2.15. The fraction of sp³-hybridized carbons (Fsp3) is 0.200. The predicted molar refractivity (Wildman–Crippen MR) is 81.7 cm³/mol. The van der Waals surface area contributed by atoms with Crippen molar-refractivity contribution >= 4 is 34.8 Å². The number of halogens is 5. The maximum absolute atomic E-state index is 13.3. The minimum absolute atomic E-state index is 0.340. The zero-order chi connectivity index (χ0) is 15.6. The van der Waals surface area contributed by atoms with E-state index in [0.717, 1.165) is 12.1 Å². The second-order valence-electron chi connectivity index (χ2n) is 4.27. The molecule has 21 heavy (non-hydrogen) atoms. The molecular weight excluding hydrogens is 341 g/mol. The molecule has 112 valence electrons. The normalized spacial score (nSPS) is 12.3. The van der Waals surface area contributed by atoms with Crippen molar-refractivity contribution in [2.24, 2.45) is 0 Å². The molecule has 0 radical (unpaired) electrons. The largest absolute Gasteiger partial charge is 0.492 e. The van der Waals surface area contributed by atoms with Crippen LogP contribution in [0.25, 0.3) is 0 Å². The number of rotatable bonds is 4. The molecule has 0 aliphatic carbocycles. The van der Waals surface area contributed by atoms with E-state index in [1.165, 1.54) is 6.07 Å². The Morgan fingerprint density at radius 3 is 2.38 bits per heavy atom. The van der Waals surface area contributed by atoms with E-state index in [9.17, 15) is 8.78 Å². The molecule has 0 N–H and O–H groups in total. The highest BCUT2D eigenvalue weighted by molar-refractivity contribution is 6.36. The molecule has 0 heterocycles. The Labute approximate surface area is 136 Å². The van der Waals surface area contributed by atoms with Crippen LogP contribution in [0.15, 0.2) is 30.3 Å². The monoisotopic (exact) mass is 350 g/mol. The molecule has 1 unspecified atom stereocenters. The van der Waals surface area contributed by atoms with Gasteiger partial charge in [0, 0.05) is 11.1 Å². The van der Waals surface area contributed by atoms with Crippen LogP contribution in [0.3, 0.4) is 0 Å². The summed E-state index contributed by atoms with van der Waals surface area (Å²) in [6, 6.07) is 6.57. The predicted octanol–water partition coefficient (Wildman–Crippen LogP) is 6.00. The van der Waals surface area contributed by atoms with Gasteiger partial charge in [0.15, 0.2) is 11.6 Å². The Hall–Kier alpha value is -1.03. The highest BCUT2D eigenvalue weighted by atomic mass is 35.5. The molecule has 0 aliphatic heterocycles. The molecule has 1 atom stereocenters. The summed E-state index contributed by atoms with van der Waals surface area (Å²) in [7, 11) is 0. The molecule has 0 saturated heterocycles. The van der Waals surface area contributed by atoms with Gasteiger partial charge in [0.1, 0.15) is 5.75 Å². The fourth-order valence-electron chi connectivity index (χ4n) is 1.85. The summed E-state index contributed by atoms with van der Waals surface area (Å²) in [4.78, 5) is 0. The Morgan fingerprint density at radius 1 is 1.05 bits per heavy atom. The lowest BCUT2D eigenvalue weighted by Crippen LogP contribution is -1.99. The molecule has 0 amide bonds. The van der Waals surface area contributed by atoms with Crippen LogP contribution >= 0.6 is 34.8 Å². The summed E-state index contributed by atoms with van der Waals surface area (Å²) in [6.45, 7) is 2.27. The molecule has 0 aromatic heterocycles. The topological polar surface area (TPSA) is 9.23 Å². The number of ether oxygens (including phenoxy) is 1. The third-order valence-electron chi connectivity index (χ3n) is 2.86. The summed E-state index contributed by atoms with van der Waals surface area (Å²) in [6.07, 6.45) is 0. The maximum atomic E-state index is 13.3. The highest BCUT2D eigenvalue weighted by Crippen LogP contribution is 2.39. The molecule has 0 fully saturated rings. The molecule has 0 saturated carbocycles. The van der Waals surface area contributed by atoms with Gasteiger partial charge in [-0.25, -0.2) is 8.78 Å². The van der Waals surface area contributed by atoms with Gasteiger partial charge in [-0.2, -0.15) is 0 Å². The van der Waals surface area contributed by atoms with Crippen LogP contribution in [0.2, 0.25) is 10.0 Å². The summed E-state index contributed by atoms with van der Waals surface area (Å²) in [5.74, 6) is -1.45. The van der Waals surface area contributed by atoms with Crippen molar-refractivity contribution < 1.29 is 13.5 Å². The van der Waals surface area contributed by atoms with Crippen LogP contribution in [-0.2, 0) is 0 Å². The minimum Gasteiger partial charge on any atom is -0.492 e. The first-order valence-electron chi connectivity index (χ1n) is 6.14. The number of hydrogen-bond acceptors (Lipinski definition) is 1. The maximum Gasteiger partial charge on any atom is 0.159 e. The number of hydrogen-bond donors (Lipinski definition) is 0. The van der Waals surface area contributed by atoms with Crippen LogP contribution in [0, 0.1) is 11.6 Å². The summed E-state index contributed by atoms with van der Waals surface area (Å²) >= 11 is 18.5. The molecule has 2 aromatic carbocycles. The average Bonchev–Trinajstić information content (AvgIpc) is 2.45. The van der Waals surface area contributed by atoms with Crippen molar-refractivity contribution in [1.29, 1.82) is 0 Å². The van der Waals surface area contributed by atoms with E-state index in [2.05, 4.69) is 0 Å². The summed E-state index contributed by atoms with van der Waals surface area (Å²) in [5, 5.41) is -0.0576. The lowest BCUT2D eigenvalue weighted by atomic mass is 10.0. The van der Waals surface area contributed by atoms with Crippen molar-refractivity contribution in [3.63, 3.8) is 0 Å². The highest BCUT2D eigenvalue weighted by Gasteiger charge is 2.18. The van der Waals surface area contributed by atoms with E-state index >= 15 is 0 Å². The SMILES string of the molecule is CCOc1cc(Cl)c(C(Cl)c2ccc(F)c(F)c2)cc1Cl. The molecule has 2 rings (SSSR count). The quantitative estimate of drug-likeness (QED) is 0.614. The van der Waals surface area contributed by atoms with Crippen LogP contribution < -0.4 is 4.74 Å². The van der Waals surface area contributed by atoms with Gasteiger partial charge in [-0.15, -0.1) is 11.6 Å². The fourth-order valence-corrected chi connectivity index (χ4v) is 2.72. The first-order valence-corrected chi connectivity index (χ1v) is 7.34. The van der Waals surface area contributed by atoms with Crippen molar-refractivity contribution in [2.75, 3.05) is 6.61 Å². The Kier molecular flexibility index (Phi) is 5.31.